The summed E-state index contributed by atoms with van der Waals surface area (Å²) in [5.74, 6) is 0.688. The molecule has 10 heteroatoms. The number of fused-ring (bicyclic) bond motifs is 3. The molecule has 1 saturated heterocycles. The van der Waals surface area contributed by atoms with E-state index in [-0.39, 0.29) is 11.5 Å². The van der Waals surface area contributed by atoms with Crippen molar-refractivity contribution in [3.63, 3.8) is 0 Å². The number of aromatic nitrogens is 3. The highest BCUT2D eigenvalue weighted by molar-refractivity contribution is 7.80. The smallest absolute Gasteiger partial charge is 0.169 e. The molecule has 1 aliphatic heterocycles. The van der Waals surface area contributed by atoms with Crippen molar-refractivity contribution < 1.29 is 10.2 Å². The van der Waals surface area contributed by atoms with Gasteiger partial charge in [-0.2, -0.15) is 0 Å². The number of nitrogens with one attached hydrogen (secondary N) is 1. The van der Waals surface area contributed by atoms with Gasteiger partial charge in [-0.15, -0.1) is 11.3 Å². The zero-order valence-corrected chi connectivity index (χ0v) is 18.2. The summed E-state index contributed by atoms with van der Waals surface area (Å²) in [6.07, 6.45) is 3.43. The van der Waals surface area contributed by atoms with Gasteiger partial charge in [0.1, 0.15) is 17.0 Å². The van der Waals surface area contributed by atoms with E-state index in [1.54, 1.807) is 29.9 Å². The molecule has 31 heavy (non-hydrogen) atoms. The van der Waals surface area contributed by atoms with Crippen molar-refractivity contribution in [2.24, 2.45) is 0 Å². The molecule has 8 nitrogen and oxygen atoms in total. The number of piperazine rings is 1. The van der Waals surface area contributed by atoms with Gasteiger partial charge in [0.05, 0.1) is 10.2 Å². The van der Waals surface area contributed by atoms with Crippen molar-refractivity contribution in [1.82, 2.24) is 25.2 Å². The van der Waals surface area contributed by atoms with Gasteiger partial charge in [0.2, 0.25) is 0 Å². The lowest BCUT2D eigenvalue weighted by Crippen LogP contribution is -2.51. The monoisotopic (exact) mass is 452 g/mol. The molecule has 4 aromatic rings. The van der Waals surface area contributed by atoms with Crippen molar-refractivity contribution >= 4 is 54.9 Å². The number of thiophene rings is 1. The maximum absolute atomic E-state index is 9.63. The second-order valence-electron chi connectivity index (χ2n) is 7.29. The highest BCUT2D eigenvalue weighted by Gasteiger charge is 2.23. The number of hydrogen-bond acceptors (Lipinski definition) is 8. The maximum Gasteiger partial charge on any atom is 0.169 e. The molecule has 0 saturated carbocycles. The summed E-state index contributed by atoms with van der Waals surface area (Å²) in [7, 11) is 0. The van der Waals surface area contributed by atoms with Gasteiger partial charge in [-0.25, -0.2) is 15.0 Å². The van der Waals surface area contributed by atoms with Crippen LogP contribution in [0.2, 0.25) is 0 Å². The van der Waals surface area contributed by atoms with Gasteiger partial charge >= 0.3 is 0 Å². The fourth-order valence-electron chi connectivity index (χ4n) is 3.71. The number of pyridine rings is 1. The number of phenolic OH excluding ortho intramolecular Hbond substituents is 2. The average Bonchev–Trinajstić information content (AvgIpc) is 3.19. The van der Waals surface area contributed by atoms with Gasteiger partial charge in [0.15, 0.2) is 16.6 Å². The van der Waals surface area contributed by atoms with E-state index in [1.165, 1.54) is 12.1 Å². The van der Waals surface area contributed by atoms with Gasteiger partial charge < -0.3 is 25.3 Å². The Bertz CT molecular complexity index is 1270. The molecule has 1 aromatic carbocycles. The van der Waals surface area contributed by atoms with Crippen LogP contribution in [-0.2, 0) is 6.54 Å². The second kappa shape index (κ2) is 8.12. The molecular weight excluding hydrogens is 432 g/mol. The fraction of sp³-hybridized carbons (Fsp3) is 0.238. The number of aromatic hydroxyl groups is 2. The van der Waals surface area contributed by atoms with E-state index in [0.717, 1.165) is 58.0 Å². The molecule has 0 aliphatic carbocycles. The average molecular weight is 453 g/mol. The van der Waals surface area contributed by atoms with Crippen molar-refractivity contribution in [1.29, 1.82) is 0 Å². The Morgan fingerprint density at radius 3 is 2.71 bits per heavy atom. The minimum Gasteiger partial charge on any atom is -0.504 e. The van der Waals surface area contributed by atoms with Crippen LogP contribution in [0.15, 0.2) is 42.9 Å². The summed E-state index contributed by atoms with van der Waals surface area (Å²) in [5, 5.41) is 24.0. The topological polar surface area (TPSA) is 97.6 Å². The Hall–Kier alpha value is -3.24. The third-order valence-electron chi connectivity index (χ3n) is 5.36. The van der Waals surface area contributed by atoms with Gasteiger partial charge in [0.25, 0.3) is 0 Å². The minimum absolute atomic E-state index is 0.129. The predicted molar refractivity (Wildman–Crippen MR) is 126 cm³/mol. The van der Waals surface area contributed by atoms with E-state index < -0.39 is 0 Å². The van der Waals surface area contributed by atoms with Crippen molar-refractivity contribution in [3.05, 3.63) is 48.4 Å². The first kappa shape index (κ1) is 19.7. The summed E-state index contributed by atoms with van der Waals surface area (Å²) in [6, 6.07) is 8.74. The van der Waals surface area contributed by atoms with Crippen LogP contribution < -0.4 is 10.2 Å². The number of thiocarbonyl (C=S) groups is 1. The molecule has 5 rings (SSSR count). The van der Waals surface area contributed by atoms with Gasteiger partial charge in [-0.3, -0.25) is 0 Å². The fourth-order valence-corrected chi connectivity index (χ4v) is 5.08. The van der Waals surface area contributed by atoms with Crippen molar-refractivity contribution in [3.8, 4) is 11.5 Å². The van der Waals surface area contributed by atoms with E-state index >= 15 is 0 Å². The zero-order valence-electron chi connectivity index (χ0n) is 16.5. The Morgan fingerprint density at radius 1 is 1.06 bits per heavy atom. The molecular formula is C21H20N6O2S2. The van der Waals surface area contributed by atoms with Crippen LogP contribution in [0, 0.1) is 0 Å². The van der Waals surface area contributed by atoms with Crippen molar-refractivity contribution in [2.45, 2.75) is 6.54 Å². The van der Waals surface area contributed by atoms with E-state index in [9.17, 15) is 10.2 Å². The molecule has 3 aromatic heterocycles. The quantitative estimate of drug-likeness (QED) is 0.320. The molecule has 1 fully saturated rings. The van der Waals surface area contributed by atoms with E-state index in [2.05, 4.69) is 30.1 Å². The van der Waals surface area contributed by atoms with E-state index in [1.807, 2.05) is 12.1 Å². The van der Waals surface area contributed by atoms with Gasteiger partial charge in [-0.1, -0.05) is 6.07 Å². The summed E-state index contributed by atoms with van der Waals surface area (Å²) in [6.45, 7) is 3.64. The van der Waals surface area contributed by atoms with Gasteiger partial charge in [0, 0.05) is 44.3 Å². The lowest BCUT2D eigenvalue weighted by atomic mass is 10.2. The molecule has 0 atom stereocenters. The molecule has 0 unspecified atom stereocenters. The van der Waals surface area contributed by atoms with Crippen molar-refractivity contribution in [2.75, 3.05) is 31.1 Å². The highest BCUT2D eigenvalue weighted by Crippen LogP contribution is 2.36. The Kier molecular flexibility index (Phi) is 5.16. The second-order valence-corrected chi connectivity index (χ2v) is 8.67. The summed E-state index contributed by atoms with van der Waals surface area (Å²) >= 11 is 7.19. The number of hydrogen-bond donors (Lipinski definition) is 3. The Morgan fingerprint density at radius 2 is 1.90 bits per heavy atom. The number of benzene rings is 1. The van der Waals surface area contributed by atoms with Crippen LogP contribution in [-0.4, -0.2) is 61.4 Å². The number of nitrogens with zero attached hydrogens (tertiary/aromatic N) is 5. The summed E-state index contributed by atoms with van der Waals surface area (Å²) in [5.41, 5.74) is 1.80. The third-order valence-corrected chi connectivity index (χ3v) is 6.86. The van der Waals surface area contributed by atoms with Crippen LogP contribution >= 0.6 is 23.6 Å². The van der Waals surface area contributed by atoms with E-state index in [4.69, 9.17) is 12.2 Å². The first-order chi connectivity index (χ1) is 15.1. The molecule has 0 amide bonds. The SMILES string of the molecule is Oc1ccc(CNC(=S)N2CCN(c3ncnc4c3sc3ncccc34)CC2)cc1O. The normalized spacial score (nSPS) is 14.3. The minimum atomic E-state index is -0.133. The summed E-state index contributed by atoms with van der Waals surface area (Å²) in [4.78, 5) is 18.9. The Labute approximate surface area is 187 Å². The number of anilines is 1. The maximum atomic E-state index is 9.63. The molecule has 0 bridgehead atoms. The molecule has 4 heterocycles. The number of rotatable bonds is 3. The Balaban J connectivity index is 1.25. The standard InChI is InChI=1S/C21H20N6O2S2/c28-15-4-3-13(10-16(15)29)11-23-21(30)27-8-6-26(7-9-27)19-18-17(24-12-25-19)14-2-1-5-22-20(14)31-18/h1-5,10,12,28-29H,6-9,11H2,(H,23,30). The molecule has 158 valence electrons. The highest BCUT2D eigenvalue weighted by atomic mass is 32.1. The van der Waals surface area contributed by atoms with Gasteiger partial charge in [-0.05, 0) is 42.0 Å². The molecule has 0 radical (unpaired) electrons. The molecule has 1 aliphatic rings. The van der Waals surface area contributed by atoms with Crippen LogP contribution in [0.4, 0.5) is 5.82 Å². The third kappa shape index (κ3) is 3.79. The predicted octanol–water partition coefficient (Wildman–Crippen LogP) is 2.85. The van der Waals surface area contributed by atoms with Crippen LogP contribution in [0.25, 0.3) is 20.4 Å². The molecule has 0 spiro atoms. The van der Waals surface area contributed by atoms with Crippen LogP contribution in [0.1, 0.15) is 5.56 Å². The first-order valence-electron chi connectivity index (χ1n) is 9.87. The molecule has 3 N–H and O–H groups in total. The first-order valence-corrected chi connectivity index (χ1v) is 11.1. The number of phenols is 2. The van der Waals surface area contributed by atoms with Crippen LogP contribution in [0.3, 0.4) is 0 Å². The zero-order chi connectivity index (χ0) is 21.4. The summed E-state index contributed by atoms with van der Waals surface area (Å²) < 4.78 is 1.07. The van der Waals surface area contributed by atoms with Crippen LogP contribution in [0.5, 0.6) is 11.5 Å². The van der Waals surface area contributed by atoms with E-state index in [0.29, 0.717) is 11.7 Å². The lowest BCUT2D eigenvalue weighted by molar-refractivity contribution is 0.379. The lowest BCUT2D eigenvalue weighted by Gasteiger charge is -2.36. The largest absolute Gasteiger partial charge is 0.504 e.